The zero-order chi connectivity index (χ0) is 34.4. The minimum Gasteiger partial charge on any atom is -0.228 e. The van der Waals surface area contributed by atoms with Crippen molar-refractivity contribution in [1.82, 2.24) is 9.97 Å². The average molecular weight is 661 g/mol. The highest BCUT2D eigenvalue weighted by molar-refractivity contribution is 6.27. The van der Waals surface area contributed by atoms with E-state index in [0.29, 0.717) is 5.82 Å². The van der Waals surface area contributed by atoms with Crippen LogP contribution in [0.4, 0.5) is 0 Å². The molecule has 2 nitrogen and oxygen atoms in total. The molecular formula is C50H32N2. The number of benzene rings is 9. The summed E-state index contributed by atoms with van der Waals surface area (Å²) in [6.07, 6.45) is 0. The lowest BCUT2D eigenvalue weighted by molar-refractivity contribution is 1.18. The molecule has 0 saturated heterocycles. The first-order valence-corrected chi connectivity index (χ1v) is 17.7. The van der Waals surface area contributed by atoms with Gasteiger partial charge in [0.25, 0.3) is 0 Å². The summed E-state index contributed by atoms with van der Waals surface area (Å²) in [5.41, 5.74) is 12.0. The molecular weight excluding hydrogens is 629 g/mol. The Hall–Kier alpha value is -6.90. The van der Waals surface area contributed by atoms with Crippen molar-refractivity contribution >= 4 is 32.3 Å². The average Bonchev–Trinajstić information content (AvgIpc) is 3.23. The number of rotatable bonds is 6. The molecule has 10 rings (SSSR count). The Morgan fingerprint density at radius 1 is 0.269 bits per heavy atom. The van der Waals surface area contributed by atoms with E-state index in [1.54, 1.807) is 0 Å². The van der Waals surface area contributed by atoms with E-state index in [4.69, 9.17) is 9.97 Å². The molecule has 0 aliphatic rings. The lowest BCUT2D eigenvalue weighted by atomic mass is 9.87. The summed E-state index contributed by atoms with van der Waals surface area (Å²) in [4.78, 5) is 10.5. The largest absolute Gasteiger partial charge is 0.228 e. The second kappa shape index (κ2) is 12.5. The van der Waals surface area contributed by atoms with E-state index >= 15 is 0 Å². The predicted octanol–water partition coefficient (Wildman–Crippen LogP) is 13.4. The van der Waals surface area contributed by atoms with Gasteiger partial charge in [0.05, 0.1) is 11.4 Å². The molecule has 10 aromatic rings. The molecule has 0 N–H and O–H groups in total. The highest BCUT2D eigenvalue weighted by atomic mass is 14.9. The highest BCUT2D eigenvalue weighted by Gasteiger charge is 2.17. The van der Waals surface area contributed by atoms with Crippen LogP contribution in [-0.4, -0.2) is 9.97 Å². The Morgan fingerprint density at radius 2 is 0.731 bits per heavy atom. The molecule has 0 amide bonds. The first kappa shape index (κ1) is 30.0. The number of hydrogen-bond acceptors (Lipinski definition) is 2. The number of aromatic nitrogens is 2. The van der Waals surface area contributed by atoms with Crippen LogP contribution in [-0.2, 0) is 0 Å². The molecule has 52 heavy (non-hydrogen) atoms. The fourth-order valence-corrected chi connectivity index (χ4v) is 7.80. The van der Waals surface area contributed by atoms with Gasteiger partial charge in [0, 0.05) is 16.7 Å². The van der Waals surface area contributed by atoms with Gasteiger partial charge in [0.2, 0.25) is 0 Å². The lowest BCUT2D eigenvalue weighted by Gasteiger charge is -2.17. The molecule has 0 aliphatic heterocycles. The van der Waals surface area contributed by atoms with Gasteiger partial charge in [-0.1, -0.05) is 182 Å². The quantitative estimate of drug-likeness (QED) is 0.166. The molecule has 0 unspecified atom stereocenters. The van der Waals surface area contributed by atoms with Crippen molar-refractivity contribution in [2.24, 2.45) is 0 Å². The molecule has 1 heterocycles. The Balaban J connectivity index is 1.15. The zero-order valence-electron chi connectivity index (χ0n) is 28.4. The molecule has 0 spiro atoms. The van der Waals surface area contributed by atoms with E-state index < -0.39 is 0 Å². The molecule has 0 saturated carbocycles. The van der Waals surface area contributed by atoms with Gasteiger partial charge >= 0.3 is 0 Å². The van der Waals surface area contributed by atoms with Gasteiger partial charge in [-0.2, -0.15) is 0 Å². The summed E-state index contributed by atoms with van der Waals surface area (Å²) < 4.78 is 0. The molecule has 0 radical (unpaired) electrons. The Kier molecular flexibility index (Phi) is 7.18. The monoisotopic (exact) mass is 660 g/mol. The minimum absolute atomic E-state index is 0.700. The third-order valence-electron chi connectivity index (χ3n) is 10.3. The van der Waals surface area contributed by atoms with Crippen molar-refractivity contribution in [3.63, 3.8) is 0 Å². The third-order valence-corrected chi connectivity index (χ3v) is 10.3. The van der Waals surface area contributed by atoms with Crippen molar-refractivity contribution in [3.8, 4) is 67.3 Å². The minimum atomic E-state index is 0.700. The van der Waals surface area contributed by atoms with Gasteiger partial charge in [-0.3, -0.25) is 0 Å². The summed E-state index contributed by atoms with van der Waals surface area (Å²) >= 11 is 0. The molecule has 9 aromatic carbocycles. The van der Waals surface area contributed by atoms with Gasteiger partial charge in [-0.25, -0.2) is 9.97 Å². The molecule has 242 valence electrons. The van der Waals surface area contributed by atoms with Gasteiger partial charge < -0.3 is 0 Å². The van der Waals surface area contributed by atoms with Gasteiger partial charge in [-0.15, -0.1) is 0 Å². The molecule has 0 aliphatic carbocycles. The molecule has 0 bridgehead atoms. The van der Waals surface area contributed by atoms with Gasteiger partial charge in [0.15, 0.2) is 5.82 Å². The maximum atomic E-state index is 5.28. The molecule has 2 heteroatoms. The lowest BCUT2D eigenvalue weighted by Crippen LogP contribution is -1.97. The zero-order valence-corrected chi connectivity index (χ0v) is 28.4. The second-order valence-corrected chi connectivity index (χ2v) is 13.3. The van der Waals surface area contributed by atoms with E-state index in [1.165, 1.54) is 49.0 Å². The fourth-order valence-electron chi connectivity index (χ4n) is 7.80. The first-order valence-electron chi connectivity index (χ1n) is 17.7. The van der Waals surface area contributed by atoms with Crippen LogP contribution < -0.4 is 0 Å². The second-order valence-electron chi connectivity index (χ2n) is 13.3. The van der Waals surface area contributed by atoms with Crippen LogP contribution in [0, 0.1) is 0 Å². The van der Waals surface area contributed by atoms with Crippen LogP contribution in [0.1, 0.15) is 0 Å². The smallest absolute Gasteiger partial charge is 0.160 e. The highest BCUT2D eigenvalue weighted by Crippen LogP contribution is 2.43. The van der Waals surface area contributed by atoms with E-state index in [1.807, 2.05) is 6.07 Å². The van der Waals surface area contributed by atoms with Crippen molar-refractivity contribution in [2.75, 3.05) is 0 Å². The topological polar surface area (TPSA) is 25.8 Å². The van der Waals surface area contributed by atoms with Crippen LogP contribution in [0.5, 0.6) is 0 Å². The first-order chi connectivity index (χ1) is 25.8. The molecule has 0 atom stereocenters. The Labute approximate surface area is 302 Å². The standard InChI is InChI=1S/C50H32N2/c1-4-13-33(14-5-1)40-21-10-11-22-43(40)47-32-46(35-17-8-3-9-18-35)51-50(52-47)39-20-12-19-38(31-39)42-28-24-37-25-29-44-41(34-15-6-2-7-16-34)27-23-36-26-30-45(42)49(37)48(36)44/h1-32H. The normalized spacial score (nSPS) is 11.5. The molecule has 0 fully saturated rings. The Bertz CT molecular complexity index is 2880. The number of nitrogens with zero attached hydrogens (tertiary/aromatic N) is 2. The van der Waals surface area contributed by atoms with E-state index in [9.17, 15) is 0 Å². The third kappa shape index (κ3) is 5.12. The van der Waals surface area contributed by atoms with Crippen LogP contribution >= 0.6 is 0 Å². The van der Waals surface area contributed by atoms with Crippen molar-refractivity contribution in [2.45, 2.75) is 0 Å². The summed E-state index contributed by atoms with van der Waals surface area (Å²) in [5.74, 6) is 0.700. The van der Waals surface area contributed by atoms with Gasteiger partial charge in [-0.05, 0) is 77.8 Å². The predicted molar refractivity (Wildman–Crippen MR) is 218 cm³/mol. The van der Waals surface area contributed by atoms with Crippen molar-refractivity contribution < 1.29 is 0 Å². The van der Waals surface area contributed by atoms with E-state index in [0.717, 1.165) is 44.8 Å². The summed E-state index contributed by atoms with van der Waals surface area (Å²) in [5, 5.41) is 7.65. The van der Waals surface area contributed by atoms with E-state index in [-0.39, 0.29) is 0 Å². The van der Waals surface area contributed by atoms with Crippen LogP contribution in [0.15, 0.2) is 194 Å². The fraction of sp³-hybridized carbons (Fsp3) is 0. The summed E-state index contributed by atoms with van der Waals surface area (Å²) in [6, 6.07) is 69.2. The Morgan fingerprint density at radius 3 is 1.37 bits per heavy atom. The van der Waals surface area contributed by atoms with Crippen molar-refractivity contribution in [1.29, 1.82) is 0 Å². The molecule has 1 aromatic heterocycles. The maximum absolute atomic E-state index is 5.28. The van der Waals surface area contributed by atoms with Crippen molar-refractivity contribution in [3.05, 3.63) is 194 Å². The van der Waals surface area contributed by atoms with Gasteiger partial charge in [0.1, 0.15) is 0 Å². The maximum Gasteiger partial charge on any atom is 0.160 e. The van der Waals surface area contributed by atoms with Crippen LogP contribution in [0.2, 0.25) is 0 Å². The van der Waals surface area contributed by atoms with Crippen LogP contribution in [0.3, 0.4) is 0 Å². The summed E-state index contributed by atoms with van der Waals surface area (Å²) in [7, 11) is 0. The number of hydrogen-bond donors (Lipinski definition) is 0. The summed E-state index contributed by atoms with van der Waals surface area (Å²) in [6.45, 7) is 0. The van der Waals surface area contributed by atoms with Crippen LogP contribution in [0.25, 0.3) is 99.6 Å². The SMILES string of the molecule is c1ccc(-c2cc(-c3ccccc3-c3ccccc3)nc(-c3cccc(-c4ccc5ccc6c(-c7ccccc7)ccc7ccc4c5c76)c3)n2)cc1. The van der Waals surface area contributed by atoms with E-state index in [2.05, 4.69) is 188 Å².